The van der Waals surface area contributed by atoms with Gasteiger partial charge in [0.1, 0.15) is 36.9 Å². The highest BCUT2D eigenvalue weighted by Gasteiger charge is 2.23. The fraction of sp³-hybridized carbons (Fsp3) is 0.600. The second-order valence-electron chi connectivity index (χ2n) is 11.1. The molecule has 4 rings (SSSR count). The van der Waals surface area contributed by atoms with Gasteiger partial charge < -0.3 is 19.7 Å². The molecule has 2 fully saturated rings. The first-order chi connectivity index (χ1) is 18.7. The molecule has 8 nitrogen and oxygen atoms in total. The van der Waals surface area contributed by atoms with Crippen LogP contribution in [-0.2, 0) is 9.84 Å². The zero-order valence-corrected chi connectivity index (χ0v) is 24.1. The molecule has 2 saturated heterocycles. The molecule has 2 heterocycles. The van der Waals surface area contributed by atoms with Crippen LogP contribution in [0.15, 0.2) is 58.3 Å². The van der Waals surface area contributed by atoms with Crippen LogP contribution in [0.2, 0.25) is 0 Å². The average molecular weight is 561 g/mol. The van der Waals surface area contributed by atoms with Gasteiger partial charge in [0.2, 0.25) is 9.84 Å². The van der Waals surface area contributed by atoms with Gasteiger partial charge in [0.15, 0.2) is 0 Å². The molecule has 0 spiro atoms. The molecule has 2 aliphatic heterocycles. The summed E-state index contributed by atoms with van der Waals surface area (Å²) >= 11 is 0. The summed E-state index contributed by atoms with van der Waals surface area (Å²) in [6.07, 6.45) is 5.88. The summed E-state index contributed by atoms with van der Waals surface area (Å²) in [6, 6.07) is 13.5. The van der Waals surface area contributed by atoms with Crippen LogP contribution in [0.1, 0.15) is 52.4 Å². The Labute approximate surface area is 233 Å². The summed E-state index contributed by atoms with van der Waals surface area (Å²) in [5.74, 6) is 1.03. The molecule has 216 valence electrons. The third-order valence-electron chi connectivity index (χ3n) is 7.92. The summed E-state index contributed by atoms with van der Waals surface area (Å²) in [5.41, 5.74) is 0. The highest BCUT2D eigenvalue weighted by molar-refractivity contribution is 7.91. The number of hydrogen-bond acceptors (Lipinski definition) is 8. The molecule has 0 saturated carbocycles. The number of sulfone groups is 1. The van der Waals surface area contributed by atoms with Gasteiger partial charge in [-0.2, -0.15) is 0 Å². The first-order valence-electron chi connectivity index (χ1n) is 14.3. The van der Waals surface area contributed by atoms with Crippen LogP contribution in [0, 0.1) is 0 Å². The van der Waals surface area contributed by atoms with E-state index in [4.69, 9.17) is 9.47 Å². The number of rotatable bonds is 12. The van der Waals surface area contributed by atoms with E-state index in [9.17, 15) is 18.6 Å². The number of aliphatic hydroxyl groups excluding tert-OH is 2. The van der Waals surface area contributed by atoms with Crippen molar-refractivity contribution in [2.24, 2.45) is 0 Å². The lowest BCUT2D eigenvalue weighted by molar-refractivity contribution is 0.0437. The van der Waals surface area contributed by atoms with Crippen LogP contribution < -0.4 is 9.47 Å². The number of ether oxygens (including phenoxy) is 2. The van der Waals surface area contributed by atoms with E-state index in [-0.39, 0.29) is 23.0 Å². The molecule has 2 aromatic carbocycles. The molecule has 0 radical (unpaired) electrons. The quantitative estimate of drug-likeness (QED) is 0.405. The van der Waals surface area contributed by atoms with Crippen molar-refractivity contribution in [1.29, 1.82) is 0 Å². The third kappa shape index (κ3) is 8.41. The number of piperidine rings is 2. The van der Waals surface area contributed by atoms with E-state index in [0.29, 0.717) is 36.7 Å². The Morgan fingerprint density at radius 3 is 1.46 bits per heavy atom. The molecule has 39 heavy (non-hydrogen) atoms. The van der Waals surface area contributed by atoms with Crippen LogP contribution in [0.25, 0.3) is 0 Å². The Morgan fingerprint density at radius 2 is 1.10 bits per heavy atom. The second kappa shape index (κ2) is 13.9. The number of hydrogen-bond donors (Lipinski definition) is 2. The molecular formula is C30H44N2O6S. The van der Waals surface area contributed by atoms with Crippen molar-refractivity contribution < 1.29 is 28.1 Å². The predicted octanol–water partition coefficient (Wildman–Crippen LogP) is 3.75. The molecule has 0 unspecified atom stereocenters. The Bertz CT molecular complexity index is 1040. The maximum atomic E-state index is 13.1. The maximum Gasteiger partial charge on any atom is 0.206 e. The molecule has 2 aliphatic rings. The van der Waals surface area contributed by atoms with Crippen molar-refractivity contribution in [3.05, 3.63) is 48.5 Å². The van der Waals surface area contributed by atoms with E-state index in [1.165, 1.54) is 37.1 Å². The minimum Gasteiger partial charge on any atom is -0.491 e. The van der Waals surface area contributed by atoms with Gasteiger partial charge in [-0.3, -0.25) is 9.80 Å². The van der Waals surface area contributed by atoms with Crippen molar-refractivity contribution in [3.8, 4) is 11.5 Å². The monoisotopic (exact) mass is 560 g/mol. The van der Waals surface area contributed by atoms with E-state index >= 15 is 0 Å². The number of aliphatic hydroxyl groups is 2. The fourth-order valence-corrected chi connectivity index (χ4v) is 6.72. The number of benzene rings is 2. The lowest BCUT2D eigenvalue weighted by Crippen LogP contribution is -2.43. The minimum atomic E-state index is -3.71. The van der Waals surface area contributed by atoms with E-state index in [1.807, 2.05) is 0 Å². The fourth-order valence-electron chi connectivity index (χ4n) is 5.46. The van der Waals surface area contributed by atoms with E-state index < -0.39 is 22.0 Å². The van der Waals surface area contributed by atoms with Crippen molar-refractivity contribution in [3.63, 3.8) is 0 Å². The van der Waals surface area contributed by atoms with Gasteiger partial charge in [0.25, 0.3) is 0 Å². The molecular weight excluding hydrogens is 516 g/mol. The minimum absolute atomic E-state index is 0.155. The SMILES string of the molecule is C[C@@H]1CCCCN1C[C@H](O)COc1ccc(S(=O)(=O)c2ccc(OC[C@H](O)CN3CCCC[C@@H]3C)cc2)cc1. The third-order valence-corrected chi connectivity index (χ3v) is 9.71. The van der Waals surface area contributed by atoms with Gasteiger partial charge >= 0.3 is 0 Å². The summed E-state index contributed by atoms with van der Waals surface area (Å²) in [5, 5.41) is 20.8. The van der Waals surface area contributed by atoms with Crippen LogP contribution in [0.4, 0.5) is 0 Å². The van der Waals surface area contributed by atoms with Crippen molar-refractivity contribution in [2.45, 2.75) is 86.5 Å². The number of β-amino-alcohol motifs (C(OH)–C–C–N with tert-alkyl or cyclic N) is 2. The van der Waals surface area contributed by atoms with E-state index in [0.717, 1.165) is 38.8 Å². The van der Waals surface area contributed by atoms with Gasteiger partial charge in [0, 0.05) is 25.2 Å². The summed E-state index contributed by atoms with van der Waals surface area (Å²) in [7, 11) is -3.71. The average Bonchev–Trinajstić information content (AvgIpc) is 2.94. The zero-order valence-electron chi connectivity index (χ0n) is 23.2. The molecule has 0 amide bonds. The maximum absolute atomic E-state index is 13.1. The van der Waals surface area contributed by atoms with Crippen molar-refractivity contribution >= 4 is 9.84 Å². The molecule has 0 aromatic heterocycles. The second-order valence-corrected chi connectivity index (χ2v) is 13.0. The van der Waals surface area contributed by atoms with Crippen molar-refractivity contribution in [2.75, 3.05) is 39.4 Å². The van der Waals surface area contributed by atoms with Crippen LogP contribution in [0.5, 0.6) is 11.5 Å². The highest BCUT2D eigenvalue weighted by Crippen LogP contribution is 2.25. The lowest BCUT2D eigenvalue weighted by Gasteiger charge is -2.34. The smallest absolute Gasteiger partial charge is 0.206 e. The summed E-state index contributed by atoms with van der Waals surface area (Å²) in [6.45, 7) is 7.83. The topological polar surface area (TPSA) is 99.5 Å². The highest BCUT2D eigenvalue weighted by atomic mass is 32.2. The Morgan fingerprint density at radius 1 is 0.718 bits per heavy atom. The van der Waals surface area contributed by atoms with Gasteiger partial charge in [-0.1, -0.05) is 12.8 Å². The first kappa shape index (κ1) is 29.8. The molecule has 4 atom stereocenters. The lowest BCUT2D eigenvalue weighted by atomic mass is 10.0. The van der Waals surface area contributed by atoms with Crippen LogP contribution >= 0.6 is 0 Å². The van der Waals surface area contributed by atoms with Crippen LogP contribution in [-0.4, -0.2) is 92.1 Å². The number of likely N-dealkylation sites (tertiary alicyclic amines) is 2. The largest absolute Gasteiger partial charge is 0.491 e. The molecule has 9 heteroatoms. The Hall–Kier alpha value is -2.17. The molecule has 0 bridgehead atoms. The normalized spacial score (nSPS) is 22.8. The first-order valence-corrected chi connectivity index (χ1v) is 15.8. The Balaban J connectivity index is 1.25. The summed E-state index contributed by atoms with van der Waals surface area (Å²) < 4.78 is 37.7. The molecule has 0 aliphatic carbocycles. The van der Waals surface area contributed by atoms with E-state index in [2.05, 4.69) is 23.6 Å². The predicted molar refractivity (Wildman–Crippen MR) is 151 cm³/mol. The van der Waals surface area contributed by atoms with E-state index in [1.54, 1.807) is 24.3 Å². The number of nitrogens with zero attached hydrogens (tertiary/aromatic N) is 2. The summed E-state index contributed by atoms with van der Waals surface area (Å²) in [4.78, 5) is 4.92. The van der Waals surface area contributed by atoms with Crippen LogP contribution in [0.3, 0.4) is 0 Å². The zero-order chi connectivity index (χ0) is 27.8. The molecule has 2 N–H and O–H groups in total. The van der Waals surface area contributed by atoms with Crippen molar-refractivity contribution in [1.82, 2.24) is 9.80 Å². The van der Waals surface area contributed by atoms with Gasteiger partial charge in [-0.15, -0.1) is 0 Å². The standard InChI is InChI=1S/C30H44N2O6S/c1-23-7-3-5-17-31(23)19-25(33)21-37-27-9-13-29(14-10-27)39(35,36)30-15-11-28(12-16-30)38-22-26(34)20-32-18-6-4-8-24(32)2/h9-16,23-26,33-34H,3-8,17-22H2,1-2H3/t23-,24+,25+,26-. The molecule has 2 aromatic rings. The van der Waals surface area contributed by atoms with Gasteiger partial charge in [-0.25, -0.2) is 8.42 Å². The van der Waals surface area contributed by atoms with Gasteiger partial charge in [0.05, 0.1) is 9.79 Å². The Kier molecular flexibility index (Phi) is 10.7. The van der Waals surface area contributed by atoms with Gasteiger partial charge in [-0.05, 0) is 101 Å².